The average Bonchev–Trinajstić information content (AvgIpc) is 3.34. The Morgan fingerprint density at radius 1 is 1.15 bits per heavy atom. The number of pyridine rings is 1. The summed E-state index contributed by atoms with van der Waals surface area (Å²) in [5.41, 5.74) is 3.54. The molecule has 26 heavy (non-hydrogen) atoms. The van der Waals surface area contributed by atoms with Gasteiger partial charge in [0.15, 0.2) is 0 Å². The van der Waals surface area contributed by atoms with Gasteiger partial charge in [-0.1, -0.05) is 30.3 Å². The van der Waals surface area contributed by atoms with E-state index in [0.29, 0.717) is 12.5 Å². The lowest BCUT2D eigenvalue weighted by Gasteiger charge is -2.11. The molecule has 5 heteroatoms. The summed E-state index contributed by atoms with van der Waals surface area (Å²) in [5, 5.41) is 3.09. The van der Waals surface area contributed by atoms with Crippen molar-refractivity contribution in [3.05, 3.63) is 77.5 Å². The van der Waals surface area contributed by atoms with Crippen molar-refractivity contribution >= 4 is 5.91 Å². The molecule has 0 saturated heterocycles. The zero-order chi connectivity index (χ0) is 18.1. The molecule has 1 amide bonds. The lowest BCUT2D eigenvalue weighted by Crippen LogP contribution is -2.25. The molecule has 1 aliphatic rings. The highest BCUT2D eigenvalue weighted by Gasteiger charge is 2.44. The summed E-state index contributed by atoms with van der Waals surface area (Å²) in [6, 6.07) is 12.2. The molecule has 2 aromatic heterocycles. The second-order valence-corrected chi connectivity index (χ2v) is 6.85. The minimum atomic E-state index is 0.0752. The Hall–Kier alpha value is -2.95. The van der Waals surface area contributed by atoms with Crippen LogP contribution in [0.2, 0.25) is 0 Å². The first-order valence-corrected chi connectivity index (χ1v) is 8.92. The van der Waals surface area contributed by atoms with Crippen molar-refractivity contribution < 1.29 is 4.79 Å². The van der Waals surface area contributed by atoms with Gasteiger partial charge in [0.05, 0.1) is 0 Å². The maximum atomic E-state index is 12.6. The number of aryl methyl sites for hydroxylation is 2. The summed E-state index contributed by atoms with van der Waals surface area (Å²) < 4.78 is 1.94. The molecule has 1 N–H and O–H groups in total. The van der Waals surface area contributed by atoms with E-state index < -0.39 is 0 Å². The van der Waals surface area contributed by atoms with Crippen LogP contribution in [-0.4, -0.2) is 20.4 Å². The highest BCUT2D eigenvalue weighted by Crippen LogP contribution is 2.48. The molecule has 3 aromatic rings. The van der Waals surface area contributed by atoms with Crippen molar-refractivity contribution in [1.82, 2.24) is 19.9 Å². The molecule has 132 valence electrons. The molecule has 0 radical (unpaired) electrons. The molecule has 0 bridgehead atoms. The van der Waals surface area contributed by atoms with Gasteiger partial charge in [-0.05, 0) is 43.4 Å². The standard InChI is InChI=1S/C21H22N4O/c1-14-6-3-4-8-17(14)18-12-19(18)21(26)24-13-16-7-5-9-23-20(16)25-11-10-22-15(25)2/h3-11,18-19H,12-13H2,1-2H3,(H,24,26). The largest absolute Gasteiger partial charge is 0.352 e. The lowest BCUT2D eigenvalue weighted by atomic mass is 10.0. The van der Waals surface area contributed by atoms with E-state index in [1.807, 2.05) is 42.0 Å². The highest BCUT2D eigenvalue weighted by atomic mass is 16.2. The van der Waals surface area contributed by atoms with Crippen LogP contribution in [-0.2, 0) is 11.3 Å². The third-order valence-corrected chi connectivity index (χ3v) is 5.09. The van der Waals surface area contributed by atoms with E-state index >= 15 is 0 Å². The van der Waals surface area contributed by atoms with Crippen LogP contribution < -0.4 is 5.32 Å². The Labute approximate surface area is 153 Å². The van der Waals surface area contributed by atoms with Gasteiger partial charge in [-0.15, -0.1) is 0 Å². The molecule has 2 heterocycles. The number of nitrogens with one attached hydrogen (secondary N) is 1. The Kier molecular flexibility index (Phi) is 4.29. The summed E-state index contributed by atoms with van der Waals surface area (Å²) in [4.78, 5) is 21.3. The van der Waals surface area contributed by atoms with E-state index in [2.05, 4.69) is 34.3 Å². The van der Waals surface area contributed by atoms with Crippen LogP contribution in [0.3, 0.4) is 0 Å². The van der Waals surface area contributed by atoms with Gasteiger partial charge in [0.25, 0.3) is 0 Å². The molecule has 0 aliphatic heterocycles. The lowest BCUT2D eigenvalue weighted by molar-refractivity contribution is -0.122. The highest BCUT2D eigenvalue weighted by molar-refractivity contribution is 5.83. The number of imidazole rings is 1. The van der Waals surface area contributed by atoms with Crippen molar-refractivity contribution in [2.75, 3.05) is 0 Å². The van der Waals surface area contributed by atoms with Crippen molar-refractivity contribution in [2.45, 2.75) is 32.7 Å². The number of amides is 1. The van der Waals surface area contributed by atoms with E-state index in [9.17, 15) is 4.79 Å². The van der Waals surface area contributed by atoms with Crippen LogP contribution in [0.5, 0.6) is 0 Å². The maximum Gasteiger partial charge on any atom is 0.224 e. The first kappa shape index (κ1) is 16.5. The van der Waals surface area contributed by atoms with Crippen LogP contribution in [0.1, 0.15) is 34.9 Å². The van der Waals surface area contributed by atoms with Crippen molar-refractivity contribution in [3.8, 4) is 5.82 Å². The first-order chi connectivity index (χ1) is 12.6. The zero-order valence-corrected chi connectivity index (χ0v) is 15.0. The van der Waals surface area contributed by atoms with Crippen molar-refractivity contribution in [3.63, 3.8) is 0 Å². The second-order valence-electron chi connectivity index (χ2n) is 6.85. The number of carbonyl (C=O) groups is 1. The Morgan fingerprint density at radius 3 is 2.77 bits per heavy atom. The van der Waals surface area contributed by atoms with Gasteiger partial charge in [0, 0.05) is 36.6 Å². The second kappa shape index (κ2) is 6.75. The topological polar surface area (TPSA) is 59.8 Å². The molecule has 4 rings (SSSR count). The number of aromatic nitrogens is 3. The van der Waals surface area contributed by atoms with Crippen LogP contribution in [0.25, 0.3) is 5.82 Å². The summed E-state index contributed by atoms with van der Waals surface area (Å²) in [6.07, 6.45) is 6.33. The van der Waals surface area contributed by atoms with E-state index in [-0.39, 0.29) is 11.8 Å². The van der Waals surface area contributed by atoms with E-state index in [1.54, 1.807) is 12.4 Å². The SMILES string of the molecule is Cc1ccccc1C1CC1C(=O)NCc1cccnc1-n1ccnc1C. The molecular formula is C21H22N4O. The van der Waals surface area contributed by atoms with Crippen LogP contribution in [0.4, 0.5) is 0 Å². The first-order valence-electron chi connectivity index (χ1n) is 8.92. The van der Waals surface area contributed by atoms with Gasteiger partial charge in [-0.25, -0.2) is 9.97 Å². The number of rotatable bonds is 5. The molecular weight excluding hydrogens is 324 g/mol. The van der Waals surface area contributed by atoms with Gasteiger partial charge in [0.2, 0.25) is 5.91 Å². The molecule has 1 aromatic carbocycles. The average molecular weight is 346 g/mol. The number of hydrogen-bond donors (Lipinski definition) is 1. The molecule has 5 nitrogen and oxygen atoms in total. The number of nitrogens with zero attached hydrogens (tertiary/aromatic N) is 3. The number of carbonyl (C=O) groups excluding carboxylic acids is 1. The predicted octanol–water partition coefficient (Wildman–Crippen LogP) is 3.30. The minimum absolute atomic E-state index is 0.0752. The summed E-state index contributed by atoms with van der Waals surface area (Å²) >= 11 is 0. The fraction of sp³-hybridized carbons (Fsp3) is 0.286. The van der Waals surface area contributed by atoms with Crippen LogP contribution >= 0.6 is 0 Å². The van der Waals surface area contributed by atoms with E-state index in [1.165, 1.54) is 11.1 Å². The number of hydrogen-bond acceptors (Lipinski definition) is 3. The monoisotopic (exact) mass is 346 g/mol. The van der Waals surface area contributed by atoms with Gasteiger partial charge < -0.3 is 5.32 Å². The molecule has 0 spiro atoms. The maximum absolute atomic E-state index is 12.6. The number of benzene rings is 1. The Bertz CT molecular complexity index is 946. The molecule has 2 atom stereocenters. The zero-order valence-electron chi connectivity index (χ0n) is 15.0. The van der Waals surface area contributed by atoms with Gasteiger partial charge in [-0.2, -0.15) is 0 Å². The molecule has 1 fully saturated rings. The quantitative estimate of drug-likeness (QED) is 0.771. The summed E-state index contributed by atoms with van der Waals surface area (Å²) in [5.74, 6) is 2.23. The van der Waals surface area contributed by atoms with Gasteiger partial charge in [-0.3, -0.25) is 9.36 Å². The van der Waals surface area contributed by atoms with Crippen LogP contribution in [0.15, 0.2) is 55.0 Å². The summed E-state index contributed by atoms with van der Waals surface area (Å²) in [6.45, 7) is 4.52. The Morgan fingerprint density at radius 2 is 2.00 bits per heavy atom. The van der Waals surface area contributed by atoms with Crippen molar-refractivity contribution in [1.29, 1.82) is 0 Å². The third kappa shape index (κ3) is 3.12. The van der Waals surface area contributed by atoms with E-state index in [0.717, 1.165) is 23.6 Å². The Balaban J connectivity index is 1.44. The van der Waals surface area contributed by atoms with Gasteiger partial charge in [0.1, 0.15) is 11.6 Å². The fourth-order valence-electron chi connectivity index (χ4n) is 3.53. The summed E-state index contributed by atoms with van der Waals surface area (Å²) in [7, 11) is 0. The van der Waals surface area contributed by atoms with Crippen LogP contribution in [0, 0.1) is 19.8 Å². The van der Waals surface area contributed by atoms with E-state index in [4.69, 9.17) is 0 Å². The molecule has 1 saturated carbocycles. The van der Waals surface area contributed by atoms with Crippen molar-refractivity contribution in [2.24, 2.45) is 5.92 Å². The normalized spacial score (nSPS) is 18.5. The van der Waals surface area contributed by atoms with Gasteiger partial charge >= 0.3 is 0 Å². The molecule has 1 aliphatic carbocycles. The third-order valence-electron chi connectivity index (χ3n) is 5.09. The fourth-order valence-corrected chi connectivity index (χ4v) is 3.53. The smallest absolute Gasteiger partial charge is 0.224 e. The molecule has 2 unspecified atom stereocenters. The minimum Gasteiger partial charge on any atom is -0.352 e. The predicted molar refractivity (Wildman–Crippen MR) is 100.0 cm³/mol.